The van der Waals surface area contributed by atoms with Crippen molar-refractivity contribution in [1.29, 1.82) is 0 Å². The number of hydrogen-bond acceptors (Lipinski definition) is 5. The number of methoxy groups -OCH3 is 2. The van der Waals surface area contributed by atoms with Crippen molar-refractivity contribution >= 4 is 34.9 Å². The van der Waals surface area contributed by atoms with Gasteiger partial charge in [0.1, 0.15) is 5.03 Å². The number of allylic oxidation sites excluding steroid dienone is 2. The van der Waals surface area contributed by atoms with Gasteiger partial charge in [0.15, 0.2) is 0 Å². The highest BCUT2D eigenvalue weighted by Gasteiger charge is 2.36. The molecule has 0 saturated carbocycles. The molecule has 0 aromatic carbocycles. The van der Waals surface area contributed by atoms with Gasteiger partial charge in [-0.1, -0.05) is 57.0 Å². The largest absolute Gasteiger partial charge is 0.489 e. The lowest BCUT2D eigenvalue weighted by Crippen LogP contribution is -2.23. The molecule has 1 rings (SSSR count). The van der Waals surface area contributed by atoms with Crippen LogP contribution >= 0.6 is 23.4 Å². The normalized spacial score (nSPS) is 15.5. The van der Waals surface area contributed by atoms with E-state index in [1.165, 1.54) is 58.1 Å². The Morgan fingerprint density at radius 1 is 0.870 bits per heavy atom. The number of rotatable bonds is 11. The van der Waals surface area contributed by atoms with Crippen molar-refractivity contribution in [2.24, 2.45) is 0 Å². The fourth-order valence-electron chi connectivity index (χ4n) is 2.34. The first kappa shape index (κ1) is 20.1. The summed E-state index contributed by atoms with van der Waals surface area (Å²) in [5.41, 5.74) is 0. The van der Waals surface area contributed by atoms with E-state index in [4.69, 9.17) is 21.1 Å². The number of unbranched alkanes of at least 4 members (excludes halogenated alkanes) is 6. The summed E-state index contributed by atoms with van der Waals surface area (Å²) >= 11 is 7.36. The van der Waals surface area contributed by atoms with Crippen LogP contribution in [0.2, 0.25) is 0 Å². The van der Waals surface area contributed by atoms with E-state index in [0.717, 1.165) is 18.6 Å². The topological polar surface area (TPSA) is 52.6 Å². The first-order chi connectivity index (χ1) is 11.1. The smallest absolute Gasteiger partial charge is 0.244 e. The third-order valence-corrected chi connectivity index (χ3v) is 5.27. The summed E-state index contributed by atoms with van der Waals surface area (Å²) < 4.78 is 9.96. The van der Waals surface area contributed by atoms with Crippen molar-refractivity contribution < 1.29 is 19.1 Å². The van der Waals surface area contributed by atoms with Gasteiger partial charge in [0.25, 0.3) is 0 Å². The number of carbonyl (C=O) groups is 2. The Morgan fingerprint density at radius 2 is 1.39 bits per heavy atom. The molecule has 0 aliphatic heterocycles. The summed E-state index contributed by atoms with van der Waals surface area (Å²) in [6.07, 6.45) is 8.41. The molecule has 1 aliphatic rings. The highest BCUT2D eigenvalue weighted by molar-refractivity contribution is 8.04. The second-order valence-corrected chi connectivity index (χ2v) is 6.82. The lowest BCUT2D eigenvalue weighted by atomic mass is 10.1. The fourth-order valence-corrected chi connectivity index (χ4v) is 3.68. The molecule has 0 unspecified atom stereocenters. The zero-order valence-corrected chi connectivity index (χ0v) is 15.6. The molecule has 4 nitrogen and oxygen atoms in total. The number of halogens is 1. The Labute approximate surface area is 147 Å². The predicted octanol–water partition coefficient (Wildman–Crippen LogP) is 4.58. The molecule has 0 bridgehead atoms. The van der Waals surface area contributed by atoms with Crippen LogP contribution in [0.25, 0.3) is 0 Å². The van der Waals surface area contributed by atoms with Crippen molar-refractivity contribution in [3.63, 3.8) is 0 Å². The van der Waals surface area contributed by atoms with E-state index < -0.39 is 5.78 Å². The van der Waals surface area contributed by atoms with E-state index in [0.29, 0.717) is 0 Å². The van der Waals surface area contributed by atoms with E-state index >= 15 is 0 Å². The first-order valence-corrected chi connectivity index (χ1v) is 9.39. The Bertz CT molecular complexity index is 497. The molecule has 0 radical (unpaired) electrons. The minimum atomic E-state index is -0.493. The van der Waals surface area contributed by atoms with Crippen molar-refractivity contribution in [3.05, 3.63) is 21.5 Å². The molecule has 0 spiro atoms. The van der Waals surface area contributed by atoms with Crippen LogP contribution in [0.5, 0.6) is 0 Å². The standard InChI is InChI=1S/C17H25ClO4S/c1-4-5-6-7-8-9-10-11-23-17-12(18)13(19)15(21-2)16(22-3)14(17)20/h4-11H2,1-3H3. The molecule has 0 saturated heterocycles. The van der Waals surface area contributed by atoms with Crippen molar-refractivity contribution in [2.45, 2.75) is 51.9 Å². The maximum atomic E-state index is 12.3. The second kappa shape index (κ2) is 10.8. The lowest BCUT2D eigenvalue weighted by molar-refractivity contribution is -0.120. The summed E-state index contributed by atoms with van der Waals surface area (Å²) in [6, 6.07) is 0. The van der Waals surface area contributed by atoms with Gasteiger partial charge in [-0.25, -0.2) is 0 Å². The molecule has 130 valence electrons. The fraction of sp³-hybridized carbons (Fsp3) is 0.647. The van der Waals surface area contributed by atoms with Crippen LogP contribution < -0.4 is 0 Å². The Morgan fingerprint density at radius 3 is 1.96 bits per heavy atom. The first-order valence-electron chi connectivity index (χ1n) is 8.02. The number of carbonyl (C=O) groups excluding carboxylic acids is 2. The SMILES string of the molecule is CCCCCCCCCSC1=C(Cl)C(=O)C(OC)=C(OC)C1=O. The summed E-state index contributed by atoms with van der Waals surface area (Å²) in [6.45, 7) is 2.20. The summed E-state index contributed by atoms with van der Waals surface area (Å²) in [5, 5.41) is -0.0689. The summed E-state index contributed by atoms with van der Waals surface area (Å²) in [7, 11) is 2.66. The van der Waals surface area contributed by atoms with Crippen LogP contribution in [0.15, 0.2) is 21.5 Å². The lowest BCUT2D eigenvalue weighted by Gasteiger charge is -2.18. The number of Topliss-reactive ketones (excluding diaryl/α,β-unsaturated/α-hetero) is 2. The quantitative estimate of drug-likeness (QED) is 0.399. The van der Waals surface area contributed by atoms with Crippen molar-refractivity contribution in [2.75, 3.05) is 20.0 Å². The molecule has 6 heteroatoms. The van der Waals surface area contributed by atoms with Gasteiger partial charge in [-0.15, -0.1) is 11.8 Å². The van der Waals surface area contributed by atoms with Crippen molar-refractivity contribution in [1.82, 2.24) is 0 Å². The van der Waals surface area contributed by atoms with Gasteiger partial charge < -0.3 is 9.47 Å². The van der Waals surface area contributed by atoms with E-state index in [1.54, 1.807) is 0 Å². The van der Waals surface area contributed by atoms with Crippen LogP contribution in [-0.2, 0) is 19.1 Å². The molecule has 1 aliphatic carbocycles. The van der Waals surface area contributed by atoms with Gasteiger partial charge in [-0.05, 0) is 12.2 Å². The molecule has 23 heavy (non-hydrogen) atoms. The number of thioether (sulfide) groups is 1. The zero-order chi connectivity index (χ0) is 17.2. The van der Waals surface area contributed by atoms with E-state index in [2.05, 4.69) is 6.92 Å². The maximum absolute atomic E-state index is 12.3. The highest BCUT2D eigenvalue weighted by Crippen LogP contribution is 2.34. The number of hydrogen-bond donors (Lipinski definition) is 0. The van der Waals surface area contributed by atoms with Gasteiger partial charge in [-0.2, -0.15) is 0 Å². The van der Waals surface area contributed by atoms with Crippen molar-refractivity contribution in [3.8, 4) is 0 Å². The van der Waals surface area contributed by atoms with E-state index in [9.17, 15) is 9.59 Å². The Kier molecular flexibility index (Phi) is 9.41. The molecular weight excluding hydrogens is 336 g/mol. The third kappa shape index (κ3) is 5.57. The molecule has 0 amide bonds. The van der Waals surface area contributed by atoms with Gasteiger partial charge in [0.05, 0.1) is 19.1 Å². The molecule has 0 fully saturated rings. The minimum Gasteiger partial charge on any atom is -0.489 e. The monoisotopic (exact) mass is 360 g/mol. The van der Waals surface area contributed by atoms with Crippen LogP contribution in [0.3, 0.4) is 0 Å². The van der Waals surface area contributed by atoms with Gasteiger partial charge in [0.2, 0.25) is 23.1 Å². The number of ketones is 2. The average molecular weight is 361 g/mol. The molecule has 0 aromatic rings. The van der Waals surface area contributed by atoms with E-state index in [1.807, 2.05) is 0 Å². The van der Waals surface area contributed by atoms with Crippen LogP contribution in [-0.4, -0.2) is 31.5 Å². The van der Waals surface area contributed by atoms with Gasteiger partial charge in [0, 0.05) is 0 Å². The minimum absolute atomic E-state index is 0.0658. The van der Waals surface area contributed by atoms with Gasteiger partial charge >= 0.3 is 0 Å². The Balaban J connectivity index is 2.49. The average Bonchev–Trinajstić information content (AvgIpc) is 2.55. The predicted molar refractivity (Wildman–Crippen MR) is 94.4 cm³/mol. The van der Waals surface area contributed by atoms with Crippen LogP contribution in [0.1, 0.15) is 51.9 Å². The van der Waals surface area contributed by atoms with Gasteiger partial charge in [-0.3, -0.25) is 9.59 Å². The number of ether oxygens (including phenoxy) is 2. The summed E-state index contributed by atoms with van der Waals surface area (Å²) in [5.74, 6) is -0.293. The molecule has 0 N–H and O–H groups in total. The van der Waals surface area contributed by atoms with E-state index in [-0.39, 0.29) is 27.2 Å². The third-order valence-electron chi connectivity index (χ3n) is 3.63. The Hall–Kier alpha value is -0.940. The summed E-state index contributed by atoms with van der Waals surface area (Å²) in [4.78, 5) is 24.7. The highest BCUT2D eigenvalue weighted by atomic mass is 35.5. The van der Waals surface area contributed by atoms with Crippen LogP contribution in [0.4, 0.5) is 0 Å². The molecule has 0 heterocycles. The zero-order valence-electron chi connectivity index (χ0n) is 14.1. The second-order valence-electron chi connectivity index (χ2n) is 5.34. The van der Waals surface area contributed by atoms with Crippen LogP contribution in [0, 0.1) is 0 Å². The molecule has 0 aromatic heterocycles. The molecular formula is C17H25ClO4S. The molecule has 0 atom stereocenters. The maximum Gasteiger partial charge on any atom is 0.244 e.